The van der Waals surface area contributed by atoms with Gasteiger partial charge in [0.15, 0.2) is 0 Å². The first-order valence-corrected chi connectivity index (χ1v) is 5.27. The van der Waals surface area contributed by atoms with Gasteiger partial charge >= 0.3 is 0 Å². The zero-order valence-corrected chi connectivity index (χ0v) is 7.84. The van der Waals surface area contributed by atoms with E-state index in [0.29, 0.717) is 6.07 Å². The number of halogens is 2. The van der Waals surface area contributed by atoms with Crippen molar-refractivity contribution in [3.63, 3.8) is 0 Å². The van der Waals surface area contributed by atoms with E-state index in [-0.39, 0.29) is 0 Å². The van der Waals surface area contributed by atoms with Gasteiger partial charge in [0.25, 0.3) is 0 Å². The van der Waals surface area contributed by atoms with Crippen molar-refractivity contribution in [2.45, 2.75) is 10.4 Å². The Balaban J connectivity index is 3.17. The predicted molar refractivity (Wildman–Crippen MR) is 45.6 cm³/mol. The Kier molecular flexibility index (Phi) is 3.17. The van der Waals surface area contributed by atoms with E-state index in [0.717, 1.165) is 18.2 Å². The molecule has 0 radical (unpaired) electrons. The Hall–Kier alpha value is -1.01. The highest BCUT2D eigenvalue weighted by Crippen LogP contribution is 2.17. The highest BCUT2D eigenvalue weighted by molar-refractivity contribution is 7.92. The standard InChI is InChI=1S/C8H8F2O3S/c9-6-2-1-3-7(4-6)14(12,13)8(10)5-11/h1-4,8,11H,5H2. The lowest BCUT2D eigenvalue weighted by atomic mass is 10.4. The highest BCUT2D eigenvalue weighted by Gasteiger charge is 2.26. The summed E-state index contributed by atoms with van der Waals surface area (Å²) in [5.74, 6) is -0.767. The summed E-state index contributed by atoms with van der Waals surface area (Å²) in [5, 5.41) is 8.35. The summed E-state index contributed by atoms with van der Waals surface area (Å²) in [5.41, 5.74) is -2.41. The van der Waals surface area contributed by atoms with Crippen molar-refractivity contribution in [1.29, 1.82) is 0 Å². The largest absolute Gasteiger partial charge is 0.392 e. The number of aliphatic hydroxyl groups is 1. The molecule has 0 heterocycles. The van der Waals surface area contributed by atoms with E-state index < -0.39 is 32.7 Å². The normalized spacial score (nSPS) is 13.9. The van der Waals surface area contributed by atoms with Crippen LogP contribution in [0.3, 0.4) is 0 Å². The molecular weight excluding hydrogens is 214 g/mol. The molecule has 1 N–H and O–H groups in total. The minimum atomic E-state index is -4.27. The molecule has 0 aliphatic heterocycles. The molecule has 0 aliphatic carbocycles. The molecule has 14 heavy (non-hydrogen) atoms. The summed E-state index contributed by atoms with van der Waals surface area (Å²) in [6, 6.07) is 3.98. The monoisotopic (exact) mass is 222 g/mol. The maximum atomic E-state index is 12.8. The number of hydrogen-bond acceptors (Lipinski definition) is 3. The molecule has 6 heteroatoms. The molecule has 3 nitrogen and oxygen atoms in total. The topological polar surface area (TPSA) is 54.4 Å². The van der Waals surface area contributed by atoms with Gasteiger partial charge in [-0.25, -0.2) is 17.2 Å². The Morgan fingerprint density at radius 2 is 2.07 bits per heavy atom. The zero-order chi connectivity index (χ0) is 10.8. The molecule has 0 aromatic heterocycles. The van der Waals surface area contributed by atoms with Gasteiger partial charge in [0.05, 0.1) is 11.5 Å². The SMILES string of the molecule is O=S(=O)(c1cccc(F)c1)C(F)CO. The average Bonchev–Trinajstić information content (AvgIpc) is 2.16. The molecule has 0 bridgehead atoms. The van der Waals surface area contributed by atoms with Gasteiger partial charge in [-0.05, 0) is 18.2 Å². The van der Waals surface area contributed by atoms with Crippen LogP contribution in [0.4, 0.5) is 8.78 Å². The van der Waals surface area contributed by atoms with Gasteiger partial charge in [-0.15, -0.1) is 0 Å². The number of alkyl halides is 1. The van der Waals surface area contributed by atoms with Crippen LogP contribution in [0.1, 0.15) is 0 Å². The Morgan fingerprint density at radius 1 is 1.43 bits per heavy atom. The van der Waals surface area contributed by atoms with Gasteiger partial charge in [-0.1, -0.05) is 6.07 Å². The number of hydrogen-bond donors (Lipinski definition) is 1. The van der Waals surface area contributed by atoms with Crippen molar-refractivity contribution >= 4 is 9.84 Å². The van der Waals surface area contributed by atoms with Gasteiger partial charge in [0.2, 0.25) is 15.3 Å². The lowest BCUT2D eigenvalue weighted by Crippen LogP contribution is -2.20. The first kappa shape index (κ1) is 11.1. The molecule has 0 fully saturated rings. The van der Waals surface area contributed by atoms with E-state index in [1.54, 1.807) is 0 Å². The van der Waals surface area contributed by atoms with Gasteiger partial charge in [0.1, 0.15) is 5.82 Å². The van der Waals surface area contributed by atoms with Gasteiger partial charge in [-0.2, -0.15) is 0 Å². The van der Waals surface area contributed by atoms with Crippen LogP contribution >= 0.6 is 0 Å². The maximum absolute atomic E-state index is 12.8. The van der Waals surface area contributed by atoms with Crippen LogP contribution in [0.2, 0.25) is 0 Å². The van der Waals surface area contributed by atoms with Crippen LogP contribution in [0, 0.1) is 5.82 Å². The smallest absolute Gasteiger partial charge is 0.228 e. The fraction of sp³-hybridized carbons (Fsp3) is 0.250. The number of benzene rings is 1. The maximum Gasteiger partial charge on any atom is 0.228 e. The minimum Gasteiger partial charge on any atom is -0.392 e. The fourth-order valence-electron chi connectivity index (χ4n) is 0.890. The molecule has 0 amide bonds. The Labute approximate surface area is 79.9 Å². The quantitative estimate of drug-likeness (QED) is 0.826. The van der Waals surface area contributed by atoms with E-state index in [1.807, 2.05) is 0 Å². The third-order valence-corrected chi connectivity index (χ3v) is 3.34. The number of aliphatic hydroxyl groups excluding tert-OH is 1. The molecular formula is C8H8F2O3S. The first-order chi connectivity index (χ1) is 6.48. The van der Waals surface area contributed by atoms with Crippen molar-refractivity contribution in [3.8, 4) is 0 Å². The molecule has 0 spiro atoms. The Bertz CT molecular complexity index is 416. The molecule has 1 atom stereocenters. The zero-order valence-electron chi connectivity index (χ0n) is 7.02. The fourth-order valence-corrected chi connectivity index (χ4v) is 1.93. The molecule has 1 aromatic rings. The van der Waals surface area contributed by atoms with Crippen molar-refractivity contribution in [2.24, 2.45) is 0 Å². The Morgan fingerprint density at radius 3 is 2.57 bits per heavy atom. The first-order valence-electron chi connectivity index (χ1n) is 3.73. The van der Waals surface area contributed by atoms with Crippen LogP contribution in [0.5, 0.6) is 0 Å². The van der Waals surface area contributed by atoms with Crippen molar-refractivity contribution in [2.75, 3.05) is 6.61 Å². The summed E-state index contributed by atoms with van der Waals surface area (Å²) in [4.78, 5) is -0.473. The molecule has 1 aromatic carbocycles. The van der Waals surface area contributed by atoms with Gasteiger partial charge < -0.3 is 5.11 Å². The third-order valence-electron chi connectivity index (χ3n) is 1.60. The van der Waals surface area contributed by atoms with E-state index in [2.05, 4.69) is 0 Å². The molecule has 0 aliphatic rings. The summed E-state index contributed by atoms with van der Waals surface area (Å²) < 4.78 is 47.8. The molecule has 1 unspecified atom stereocenters. The van der Waals surface area contributed by atoms with Crippen LogP contribution < -0.4 is 0 Å². The lowest BCUT2D eigenvalue weighted by Gasteiger charge is -2.06. The molecule has 78 valence electrons. The summed E-state index contributed by atoms with van der Waals surface area (Å²) in [7, 11) is -4.27. The van der Waals surface area contributed by atoms with Crippen molar-refractivity contribution < 1.29 is 22.3 Å². The minimum absolute atomic E-state index is 0.473. The van der Waals surface area contributed by atoms with Gasteiger partial charge in [-0.3, -0.25) is 0 Å². The second kappa shape index (κ2) is 4.02. The summed E-state index contributed by atoms with van der Waals surface area (Å²) in [6.45, 7) is -1.14. The van der Waals surface area contributed by atoms with Crippen LogP contribution in [0.25, 0.3) is 0 Å². The van der Waals surface area contributed by atoms with E-state index >= 15 is 0 Å². The number of rotatable bonds is 3. The number of sulfone groups is 1. The van der Waals surface area contributed by atoms with E-state index in [4.69, 9.17) is 5.11 Å². The summed E-state index contributed by atoms with van der Waals surface area (Å²) in [6.07, 6.45) is 0. The highest BCUT2D eigenvalue weighted by atomic mass is 32.2. The van der Waals surface area contributed by atoms with Crippen molar-refractivity contribution in [3.05, 3.63) is 30.1 Å². The van der Waals surface area contributed by atoms with E-state index in [1.165, 1.54) is 0 Å². The van der Waals surface area contributed by atoms with Crippen LogP contribution in [-0.4, -0.2) is 25.6 Å². The predicted octanol–water partition coefficient (Wildman–Crippen LogP) is 0.887. The van der Waals surface area contributed by atoms with Crippen molar-refractivity contribution in [1.82, 2.24) is 0 Å². The second-order valence-electron chi connectivity index (χ2n) is 2.60. The molecule has 0 saturated heterocycles. The van der Waals surface area contributed by atoms with E-state index in [9.17, 15) is 17.2 Å². The summed E-state index contributed by atoms with van der Waals surface area (Å²) >= 11 is 0. The average molecular weight is 222 g/mol. The molecule has 0 saturated carbocycles. The van der Waals surface area contributed by atoms with Crippen LogP contribution in [-0.2, 0) is 9.84 Å². The molecule has 1 rings (SSSR count). The van der Waals surface area contributed by atoms with Gasteiger partial charge in [0, 0.05) is 0 Å². The third kappa shape index (κ3) is 2.08. The second-order valence-corrected chi connectivity index (χ2v) is 4.67. The lowest BCUT2D eigenvalue weighted by molar-refractivity contribution is 0.225. The van der Waals surface area contributed by atoms with Crippen LogP contribution in [0.15, 0.2) is 29.2 Å².